The Morgan fingerprint density at radius 1 is 1.20 bits per heavy atom. The molecule has 132 valence electrons. The lowest BCUT2D eigenvalue weighted by Gasteiger charge is -2.19. The van der Waals surface area contributed by atoms with Crippen LogP contribution in [0.3, 0.4) is 0 Å². The average molecular weight is 359 g/mol. The van der Waals surface area contributed by atoms with Crippen molar-refractivity contribution in [2.24, 2.45) is 5.14 Å². The van der Waals surface area contributed by atoms with E-state index in [0.29, 0.717) is 13.0 Å². The Kier molecular flexibility index (Phi) is 4.78. The number of sulfonamides is 1. The number of rotatable bonds is 5. The van der Waals surface area contributed by atoms with E-state index in [1.165, 1.54) is 11.6 Å². The largest absolute Gasteiger partial charge is 0.362 e. The lowest BCUT2D eigenvalue weighted by molar-refractivity contribution is -0.115. The molecule has 0 saturated carbocycles. The summed E-state index contributed by atoms with van der Waals surface area (Å²) in [6, 6.07) is 12.6. The number of nitrogens with two attached hydrogens (primary N) is 1. The smallest absolute Gasteiger partial charge is 0.243 e. The van der Waals surface area contributed by atoms with E-state index >= 15 is 0 Å². The second-order valence-corrected chi connectivity index (χ2v) is 7.67. The molecule has 3 N–H and O–H groups in total. The molecule has 2 aromatic rings. The van der Waals surface area contributed by atoms with Crippen LogP contribution in [0.2, 0.25) is 0 Å². The molecule has 2 aromatic carbocycles. The van der Waals surface area contributed by atoms with Crippen molar-refractivity contribution < 1.29 is 13.2 Å². The van der Waals surface area contributed by atoms with Crippen molar-refractivity contribution in [3.05, 3.63) is 53.6 Å². The molecule has 1 aliphatic rings. The van der Waals surface area contributed by atoms with Gasteiger partial charge in [-0.3, -0.25) is 4.79 Å². The minimum atomic E-state index is -3.71. The van der Waals surface area contributed by atoms with E-state index in [4.69, 9.17) is 5.14 Å². The number of hydrogen-bond acceptors (Lipinski definition) is 4. The zero-order valence-corrected chi connectivity index (χ0v) is 14.8. The normalized spacial score (nSPS) is 13.6. The molecule has 0 saturated heterocycles. The molecule has 0 atom stereocenters. The van der Waals surface area contributed by atoms with Crippen LogP contribution >= 0.6 is 0 Å². The number of hydrogen-bond donors (Lipinski definition) is 2. The van der Waals surface area contributed by atoms with Gasteiger partial charge in [0.25, 0.3) is 0 Å². The van der Waals surface area contributed by atoms with Gasteiger partial charge in [0, 0.05) is 17.9 Å². The van der Waals surface area contributed by atoms with Crippen LogP contribution in [0.5, 0.6) is 0 Å². The predicted molar refractivity (Wildman–Crippen MR) is 98.2 cm³/mol. The van der Waals surface area contributed by atoms with E-state index in [2.05, 4.69) is 12.2 Å². The van der Waals surface area contributed by atoms with Crippen molar-refractivity contribution in [3.8, 4) is 0 Å². The number of primary sulfonamides is 1. The minimum absolute atomic E-state index is 0.104. The second kappa shape index (κ2) is 6.85. The van der Waals surface area contributed by atoms with E-state index < -0.39 is 10.0 Å². The molecule has 0 spiro atoms. The molecule has 0 unspecified atom stereocenters. The molecule has 0 radical (unpaired) electrons. The topological polar surface area (TPSA) is 92.5 Å². The first-order chi connectivity index (χ1) is 11.9. The maximum atomic E-state index is 12.3. The first kappa shape index (κ1) is 17.4. The summed E-state index contributed by atoms with van der Waals surface area (Å²) < 4.78 is 22.9. The van der Waals surface area contributed by atoms with Crippen molar-refractivity contribution in [3.63, 3.8) is 0 Å². The quantitative estimate of drug-likeness (QED) is 0.853. The first-order valence-electron chi connectivity index (χ1n) is 8.16. The second-order valence-electron chi connectivity index (χ2n) is 6.11. The van der Waals surface area contributed by atoms with Gasteiger partial charge in [0.1, 0.15) is 0 Å². The Bertz CT molecular complexity index is 892. The fourth-order valence-electron chi connectivity index (χ4n) is 2.99. The molecule has 0 aromatic heterocycles. The standard InChI is InChI=1S/C18H21N3O3S/c1-2-13-3-5-15(6-4-13)20-18(22)12-21-10-9-14-11-16(25(19,23)24)7-8-17(14)21/h3-8,11H,2,9-10,12H2,1H3,(H,20,22)(H2,19,23,24). The molecule has 7 heteroatoms. The van der Waals surface area contributed by atoms with Crippen LogP contribution < -0.4 is 15.4 Å². The van der Waals surface area contributed by atoms with Crippen molar-refractivity contribution in [2.75, 3.05) is 23.3 Å². The first-order valence-corrected chi connectivity index (χ1v) is 9.71. The van der Waals surface area contributed by atoms with E-state index in [1.54, 1.807) is 12.1 Å². The summed E-state index contributed by atoms with van der Waals surface area (Å²) in [4.78, 5) is 14.3. The summed E-state index contributed by atoms with van der Waals surface area (Å²) >= 11 is 0. The van der Waals surface area contributed by atoms with Gasteiger partial charge in [0.05, 0.1) is 11.4 Å². The maximum absolute atomic E-state index is 12.3. The zero-order valence-electron chi connectivity index (χ0n) is 14.0. The third-order valence-electron chi connectivity index (χ3n) is 4.35. The van der Waals surface area contributed by atoms with Crippen LogP contribution in [-0.2, 0) is 27.7 Å². The molecule has 1 aliphatic heterocycles. The van der Waals surface area contributed by atoms with E-state index in [1.807, 2.05) is 29.2 Å². The van der Waals surface area contributed by atoms with Crippen LogP contribution in [0.15, 0.2) is 47.4 Å². The summed E-state index contributed by atoms with van der Waals surface area (Å²) in [7, 11) is -3.71. The SMILES string of the molecule is CCc1ccc(NC(=O)CN2CCc3cc(S(N)(=O)=O)ccc32)cc1. The van der Waals surface area contributed by atoms with Gasteiger partial charge < -0.3 is 10.2 Å². The number of amides is 1. The third kappa shape index (κ3) is 4.00. The van der Waals surface area contributed by atoms with Gasteiger partial charge in [-0.05, 0) is 54.3 Å². The van der Waals surface area contributed by atoms with Crippen molar-refractivity contribution in [1.82, 2.24) is 0 Å². The molecule has 6 nitrogen and oxygen atoms in total. The molecule has 25 heavy (non-hydrogen) atoms. The maximum Gasteiger partial charge on any atom is 0.243 e. The van der Waals surface area contributed by atoms with Crippen LogP contribution in [0.1, 0.15) is 18.1 Å². The monoisotopic (exact) mass is 359 g/mol. The summed E-state index contributed by atoms with van der Waals surface area (Å²) in [6.45, 7) is 2.97. The lowest BCUT2D eigenvalue weighted by Crippen LogP contribution is -2.31. The van der Waals surface area contributed by atoms with E-state index in [9.17, 15) is 13.2 Å². The van der Waals surface area contributed by atoms with Crippen LogP contribution in [0.25, 0.3) is 0 Å². The Hall–Kier alpha value is -2.38. The molecular weight excluding hydrogens is 338 g/mol. The Morgan fingerprint density at radius 3 is 2.56 bits per heavy atom. The zero-order chi connectivity index (χ0) is 18.0. The highest BCUT2D eigenvalue weighted by Gasteiger charge is 2.23. The Morgan fingerprint density at radius 2 is 1.92 bits per heavy atom. The van der Waals surface area contributed by atoms with Crippen molar-refractivity contribution in [2.45, 2.75) is 24.7 Å². The highest BCUT2D eigenvalue weighted by atomic mass is 32.2. The predicted octanol–water partition coefficient (Wildman–Crippen LogP) is 1.90. The number of nitrogens with one attached hydrogen (secondary N) is 1. The average Bonchev–Trinajstić information content (AvgIpc) is 2.97. The third-order valence-corrected chi connectivity index (χ3v) is 5.26. The molecule has 1 amide bonds. The highest BCUT2D eigenvalue weighted by molar-refractivity contribution is 7.89. The number of anilines is 2. The number of aryl methyl sites for hydroxylation is 1. The van der Waals surface area contributed by atoms with Gasteiger partial charge in [0.2, 0.25) is 15.9 Å². The van der Waals surface area contributed by atoms with Crippen LogP contribution in [0.4, 0.5) is 11.4 Å². The number of nitrogens with zero attached hydrogens (tertiary/aromatic N) is 1. The van der Waals surface area contributed by atoms with Gasteiger partial charge in [0.15, 0.2) is 0 Å². The van der Waals surface area contributed by atoms with Gasteiger partial charge >= 0.3 is 0 Å². The highest BCUT2D eigenvalue weighted by Crippen LogP contribution is 2.29. The molecule has 0 fully saturated rings. The fraction of sp³-hybridized carbons (Fsp3) is 0.278. The summed E-state index contributed by atoms with van der Waals surface area (Å²) in [5.41, 5.74) is 3.76. The molecule has 3 rings (SSSR count). The summed E-state index contributed by atoms with van der Waals surface area (Å²) in [6.07, 6.45) is 1.65. The summed E-state index contributed by atoms with van der Waals surface area (Å²) in [5, 5.41) is 8.06. The lowest BCUT2D eigenvalue weighted by atomic mass is 10.1. The van der Waals surface area contributed by atoms with E-state index in [0.717, 1.165) is 23.4 Å². The molecule has 0 bridgehead atoms. The van der Waals surface area contributed by atoms with Gasteiger partial charge in [-0.15, -0.1) is 0 Å². The number of carbonyl (C=O) groups is 1. The van der Waals surface area contributed by atoms with Gasteiger partial charge in [-0.2, -0.15) is 0 Å². The van der Waals surface area contributed by atoms with Gasteiger partial charge in [-0.1, -0.05) is 19.1 Å². The number of benzene rings is 2. The van der Waals surface area contributed by atoms with Crippen LogP contribution in [-0.4, -0.2) is 27.4 Å². The van der Waals surface area contributed by atoms with Crippen molar-refractivity contribution >= 4 is 27.3 Å². The number of carbonyl (C=O) groups excluding carboxylic acids is 1. The van der Waals surface area contributed by atoms with Crippen molar-refractivity contribution in [1.29, 1.82) is 0 Å². The molecular formula is C18H21N3O3S. The van der Waals surface area contributed by atoms with Gasteiger partial charge in [-0.25, -0.2) is 13.6 Å². The molecule has 0 aliphatic carbocycles. The summed E-state index contributed by atoms with van der Waals surface area (Å²) in [5.74, 6) is -0.104. The Labute approximate surface area is 147 Å². The van der Waals surface area contributed by atoms with Crippen LogP contribution in [0, 0.1) is 0 Å². The van der Waals surface area contributed by atoms with E-state index in [-0.39, 0.29) is 17.3 Å². The molecule has 1 heterocycles. The minimum Gasteiger partial charge on any atom is -0.362 e. The fourth-order valence-corrected chi connectivity index (χ4v) is 3.55. The number of fused-ring (bicyclic) bond motifs is 1. The Balaban J connectivity index is 1.67.